The molecule has 6 heteroatoms. The third-order valence-corrected chi connectivity index (χ3v) is 3.19. The SMILES string of the molecule is CCNc1nccnc1-c1cc(Cl)c2c(c1)OCCO2. The molecule has 1 aromatic heterocycles. The molecule has 20 heavy (non-hydrogen) atoms. The Balaban J connectivity index is 2.09. The summed E-state index contributed by atoms with van der Waals surface area (Å²) >= 11 is 6.25. The van der Waals surface area contributed by atoms with Crippen molar-refractivity contribution in [2.45, 2.75) is 6.92 Å². The summed E-state index contributed by atoms with van der Waals surface area (Å²) in [5, 5.41) is 3.70. The van der Waals surface area contributed by atoms with Gasteiger partial charge in [-0.25, -0.2) is 4.98 Å². The lowest BCUT2D eigenvalue weighted by Gasteiger charge is -2.20. The van der Waals surface area contributed by atoms with E-state index in [1.54, 1.807) is 12.4 Å². The highest BCUT2D eigenvalue weighted by Crippen LogP contribution is 2.41. The van der Waals surface area contributed by atoms with Crippen LogP contribution in [0.3, 0.4) is 0 Å². The molecule has 1 aliphatic rings. The van der Waals surface area contributed by atoms with Crippen molar-refractivity contribution in [2.24, 2.45) is 0 Å². The van der Waals surface area contributed by atoms with Gasteiger partial charge in [0.15, 0.2) is 17.3 Å². The van der Waals surface area contributed by atoms with Gasteiger partial charge >= 0.3 is 0 Å². The van der Waals surface area contributed by atoms with Crippen molar-refractivity contribution in [1.82, 2.24) is 9.97 Å². The molecule has 2 aromatic rings. The van der Waals surface area contributed by atoms with Crippen LogP contribution in [0.25, 0.3) is 11.3 Å². The maximum atomic E-state index is 6.25. The zero-order valence-electron chi connectivity index (χ0n) is 11.0. The normalized spacial score (nSPS) is 13.1. The highest BCUT2D eigenvalue weighted by molar-refractivity contribution is 6.32. The number of hydrogen-bond donors (Lipinski definition) is 1. The van der Waals surface area contributed by atoms with Crippen LogP contribution in [-0.4, -0.2) is 29.7 Å². The average Bonchev–Trinajstić information content (AvgIpc) is 2.48. The largest absolute Gasteiger partial charge is 0.486 e. The summed E-state index contributed by atoms with van der Waals surface area (Å²) in [6, 6.07) is 3.70. The molecule has 0 unspecified atom stereocenters. The van der Waals surface area contributed by atoms with Crippen molar-refractivity contribution in [1.29, 1.82) is 0 Å². The summed E-state index contributed by atoms with van der Waals surface area (Å²) in [5.74, 6) is 1.96. The van der Waals surface area contributed by atoms with Crippen molar-refractivity contribution in [3.05, 3.63) is 29.5 Å². The standard InChI is InChI=1S/C14H14ClN3O2/c1-2-16-14-12(17-3-4-18-14)9-7-10(15)13-11(8-9)19-5-6-20-13/h3-4,7-8H,2,5-6H2,1H3,(H,16,18). The summed E-state index contributed by atoms with van der Waals surface area (Å²) in [4.78, 5) is 8.68. The maximum Gasteiger partial charge on any atom is 0.179 e. The van der Waals surface area contributed by atoms with Crippen LogP contribution in [-0.2, 0) is 0 Å². The van der Waals surface area contributed by atoms with Gasteiger partial charge in [0, 0.05) is 24.5 Å². The number of hydrogen-bond acceptors (Lipinski definition) is 5. The number of anilines is 1. The highest BCUT2D eigenvalue weighted by Gasteiger charge is 2.19. The molecule has 0 amide bonds. The lowest BCUT2D eigenvalue weighted by atomic mass is 10.1. The molecule has 1 N–H and O–H groups in total. The molecular weight excluding hydrogens is 278 g/mol. The van der Waals surface area contributed by atoms with Crippen LogP contribution in [0.5, 0.6) is 11.5 Å². The first-order valence-corrected chi connectivity index (χ1v) is 6.81. The first-order chi connectivity index (χ1) is 9.79. The average molecular weight is 292 g/mol. The zero-order chi connectivity index (χ0) is 13.9. The summed E-state index contributed by atoms with van der Waals surface area (Å²) in [6.07, 6.45) is 3.31. The summed E-state index contributed by atoms with van der Waals surface area (Å²) < 4.78 is 11.1. The second kappa shape index (κ2) is 5.54. The predicted molar refractivity (Wildman–Crippen MR) is 77.6 cm³/mol. The van der Waals surface area contributed by atoms with Gasteiger partial charge in [-0.05, 0) is 19.1 Å². The summed E-state index contributed by atoms with van der Waals surface area (Å²) in [6.45, 7) is 3.81. The third-order valence-electron chi connectivity index (χ3n) is 2.91. The van der Waals surface area contributed by atoms with Crippen LogP contribution in [0, 0.1) is 0 Å². The van der Waals surface area contributed by atoms with E-state index in [0.29, 0.717) is 29.7 Å². The van der Waals surface area contributed by atoms with E-state index in [-0.39, 0.29) is 0 Å². The fraction of sp³-hybridized carbons (Fsp3) is 0.286. The van der Waals surface area contributed by atoms with Crippen molar-refractivity contribution < 1.29 is 9.47 Å². The molecule has 1 aliphatic heterocycles. The Hall–Kier alpha value is -2.01. The number of halogens is 1. The van der Waals surface area contributed by atoms with Gasteiger partial charge in [-0.3, -0.25) is 4.98 Å². The molecule has 0 saturated heterocycles. The molecule has 0 atom stereocenters. The Morgan fingerprint density at radius 2 is 2.00 bits per heavy atom. The molecular formula is C14H14ClN3O2. The van der Waals surface area contributed by atoms with Crippen LogP contribution in [0.2, 0.25) is 5.02 Å². The van der Waals surface area contributed by atoms with Crippen LogP contribution >= 0.6 is 11.6 Å². The molecule has 0 aliphatic carbocycles. The third kappa shape index (κ3) is 2.36. The van der Waals surface area contributed by atoms with Gasteiger partial charge in [-0.15, -0.1) is 0 Å². The quantitative estimate of drug-likeness (QED) is 0.942. The first kappa shape index (κ1) is 13.0. The number of ether oxygens (including phenoxy) is 2. The summed E-state index contributed by atoms with van der Waals surface area (Å²) in [5.41, 5.74) is 1.59. The van der Waals surface area contributed by atoms with E-state index >= 15 is 0 Å². The van der Waals surface area contributed by atoms with Crippen LogP contribution in [0.1, 0.15) is 6.92 Å². The number of aromatic nitrogens is 2. The van der Waals surface area contributed by atoms with Crippen molar-refractivity contribution in [2.75, 3.05) is 25.1 Å². The van der Waals surface area contributed by atoms with Crippen molar-refractivity contribution in [3.63, 3.8) is 0 Å². The van der Waals surface area contributed by atoms with Gasteiger partial charge in [0.25, 0.3) is 0 Å². The Kier molecular flexibility index (Phi) is 3.60. The van der Waals surface area contributed by atoms with Crippen molar-refractivity contribution in [3.8, 4) is 22.8 Å². The lowest BCUT2D eigenvalue weighted by Crippen LogP contribution is -2.15. The lowest BCUT2D eigenvalue weighted by molar-refractivity contribution is 0.172. The molecule has 0 bridgehead atoms. The number of rotatable bonds is 3. The monoisotopic (exact) mass is 291 g/mol. The summed E-state index contributed by atoms with van der Waals surface area (Å²) in [7, 11) is 0. The van der Waals surface area contributed by atoms with E-state index in [0.717, 1.165) is 23.6 Å². The zero-order valence-corrected chi connectivity index (χ0v) is 11.8. The Bertz CT molecular complexity index is 634. The Morgan fingerprint density at radius 3 is 2.85 bits per heavy atom. The number of nitrogens with zero attached hydrogens (tertiary/aromatic N) is 2. The Labute approximate surface area is 121 Å². The van der Waals surface area contributed by atoms with Gasteiger partial charge in [0.2, 0.25) is 0 Å². The molecule has 5 nitrogen and oxygen atoms in total. The number of benzene rings is 1. The van der Waals surface area contributed by atoms with E-state index in [9.17, 15) is 0 Å². The van der Waals surface area contributed by atoms with E-state index in [2.05, 4.69) is 15.3 Å². The maximum absolute atomic E-state index is 6.25. The smallest absolute Gasteiger partial charge is 0.179 e. The first-order valence-electron chi connectivity index (χ1n) is 6.44. The Morgan fingerprint density at radius 1 is 1.20 bits per heavy atom. The van der Waals surface area contributed by atoms with Gasteiger partial charge in [0.1, 0.15) is 18.9 Å². The van der Waals surface area contributed by atoms with Crippen LogP contribution in [0.15, 0.2) is 24.5 Å². The highest BCUT2D eigenvalue weighted by atomic mass is 35.5. The molecule has 0 radical (unpaired) electrons. The minimum absolute atomic E-state index is 0.514. The van der Waals surface area contributed by atoms with E-state index < -0.39 is 0 Å². The molecule has 0 fully saturated rings. The minimum atomic E-state index is 0.514. The van der Waals surface area contributed by atoms with Crippen LogP contribution in [0.4, 0.5) is 5.82 Å². The molecule has 2 heterocycles. The molecule has 1 aromatic carbocycles. The molecule has 0 saturated carbocycles. The fourth-order valence-corrected chi connectivity index (χ4v) is 2.36. The number of fused-ring (bicyclic) bond motifs is 1. The second-order valence-electron chi connectivity index (χ2n) is 4.27. The molecule has 0 spiro atoms. The molecule has 3 rings (SSSR count). The van der Waals surface area contributed by atoms with E-state index in [4.69, 9.17) is 21.1 Å². The number of nitrogens with one attached hydrogen (secondary N) is 1. The van der Waals surface area contributed by atoms with Gasteiger partial charge in [-0.2, -0.15) is 0 Å². The topological polar surface area (TPSA) is 56.3 Å². The fourth-order valence-electron chi connectivity index (χ4n) is 2.09. The predicted octanol–water partition coefficient (Wildman–Crippen LogP) is 3.00. The van der Waals surface area contributed by atoms with Gasteiger partial charge < -0.3 is 14.8 Å². The van der Waals surface area contributed by atoms with Crippen molar-refractivity contribution >= 4 is 17.4 Å². The second-order valence-corrected chi connectivity index (χ2v) is 4.67. The molecule has 104 valence electrons. The minimum Gasteiger partial charge on any atom is -0.486 e. The van der Waals surface area contributed by atoms with E-state index in [1.165, 1.54) is 0 Å². The van der Waals surface area contributed by atoms with Crippen LogP contribution < -0.4 is 14.8 Å². The van der Waals surface area contributed by atoms with Gasteiger partial charge in [0.05, 0.1) is 5.02 Å². The van der Waals surface area contributed by atoms with E-state index in [1.807, 2.05) is 19.1 Å². The van der Waals surface area contributed by atoms with Gasteiger partial charge in [-0.1, -0.05) is 11.6 Å².